The molecule has 23 heavy (non-hydrogen) atoms. The van der Waals surface area contributed by atoms with E-state index in [0.717, 1.165) is 6.42 Å². The van der Waals surface area contributed by atoms with E-state index >= 15 is 0 Å². The van der Waals surface area contributed by atoms with E-state index in [0.29, 0.717) is 25.9 Å². The highest BCUT2D eigenvalue weighted by molar-refractivity contribution is 6.74. The predicted molar refractivity (Wildman–Crippen MR) is 99.9 cm³/mol. The molecule has 0 aromatic heterocycles. The first-order valence-electron chi connectivity index (χ1n) is 8.38. The largest absolute Gasteiger partial charge is 0.406 e. The van der Waals surface area contributed by atoms with Gasteiger partial charge in [0.15, 0.2) is 8.32 Å². The van der Waals surface area contributed by atoms with Crippen molar-refractivity contribution in [3.05, 3.63) is 35.9 Å². The fourth-order valence-corrected chi connectivity index (χ4v) is 2.69. The lowest BCUT2D eigenvalue weighted by atomic mass is 10.1. The zero-order valence-electron chi connectivity index (χ0n) is 15.2. The van der Waals surface area contributed by atoms with Crippen LogP contribution in [0.3, 0.4) is 0 Å². The molecule has 0 N–H and O–H groups in total. The Morgan fingerprint density at radius 1 is 1.09 bits per heavy atom. The van der Waals surface area contributed by atoms with Crippen molar-refractivity contribution in [3.8, 4) is 11.8 Å². The molecule has 126 valence electrons. The standard InChI is InChI=1S/C20H30O2Si/c1-20(2,3)23(4,5)22-17-11-7-10-14-19(21)16-15-18-12-8-6-9-13-18/h6,8-9,12-13H,10,14-17H2,1-5H3. The fourth-order valence-electron chi connectivity index (χ4n) is 1.83. The average molecular weight is 331 g/mol. The number of ketones is 1. The first-order valence-corrected chi connectivity index (χ1v) is 11.3. The van der Waals surface area contributed by atoms with Gasteiger partial charge < -0.3 is 4.43 Å². The summed E-state index contributed by atoms with van der Waals surface area (Å²) >= 11 is 0. The van der Waals surface area contributed by atoms with E-state index in [1.165, 1.54) is 5.56 Å². The van der Waals surface area contributed by atoms with Crippen LogP contribution in [0.25, 0.3) is 0 Å². The van der Waals surface area contributed by atoms with Crippen molar-refractivity contribution in [1.82, 2.24) is 0 Å². The summed E-state index contributed by atoms with van der Waals surface area (Å²) in [4.78, 5) is 11.8. The summed E-state index contributed by atoms with van der Waals surface area (Å²) in [5, 5.41) is 0.210. The Bertz CT molecular complexity index is 544. The molecule has 0 saturated heterocycles. The van der Waals surface area contributed by atoms with Gasteiger partial charge >= 0.3 is 0 Å². The number of Topliss-reactive ketones (excluding diaryl/α,β-unsaturated/α-hetero) is 1. The predicted octanol–water partition coefficient (Wildman–Crippen LogP) is 4.99. The maximum Gasteiger partial charge on any atom is 0.193 e. The third-order valence-corrected chi connectivity index (χ3v) is 8.98. The zero-order valence-corrected chi connectivity index (χ0v) is 16.2. The molecule has 0 amide bonds. The lowest BCUT2D eigenvalue weighted by Crippen LogP contribution is -2.40. The molecule has 3 heteroatoms. The van der Waals surface area contributed by atoms with Gasteiger partial charge in [0, 0.05) is 19.3 Å². The molecule has 0 spiro atoms. The topological polar surface area (TPSA) is 26.3 Å². The van der Waals surface area contributed by atoms with Gasteiger partial charge in [-0.25, -0.2) is 0 Å². The van der Waals surface area contributed by atoms with Crippen molar-refractivity contribution in [2.24, 2.45) is 0 Å². The average Bonchev–Trinajstić information content (AvgIpc) is 2.48. The quantitative estimate of drug-likeness (QED) is 0.520. The summed E-state index contributed by atoms with van der Waals surface area (Å²) in [7, 11) is -1.71. The number of hydrogen-bond donors (Lipinski definition) is 0. The molecule has 0 aliphatic rings. The summed E-state index contributed by atoms with van der Waals surface area (Å²) in [6.45, 7) is 11.6. The monoisotopic (exact) mass is 330 g/mol. The number of carbonyl (C=O) groups excluding carboxylic acids is 1. The van der Waals surface area contributed by atoms with Crippen LogP contribution in [0.2, 0.25) is 18.1 Å². The van der Waals surface area contributed by atoms with Gasteiger partial charge in [-0.3, -0.25) is 4.79 Å². The van der Waals surface area contributed by atoms with Crippen molar-refractivity contribution in [2.45, 2.75) is 64.6 Å². The van der Waals surface area contributed by atoms with Gasteiger partial charge in [0.2, 0.25) is 0 Å². The molecule has 1 aromatic carbocycles. The van der Waals surface area contributed by atoms with E-state index in [2.05, 4.69) is 57.8 Å². The second-order valence-electron chi connectivity index (χ2n) is 7.43. The SMILES string of the molecule is CC(C)(C)[Si](C)(C)OCC#CCCC(=O)CCc1ccccc1. The molecular weight excluding hydrogens is 300 g/mol. The van der Waals surface area contributed by atoms with Crippen LogP contribution in [0.5, 0.6) is 0 Å². The lowest BCUT2D eigenvalue weighted by molar-refractivity contribution is -0.118. The minimum Gasteiger partial charge on any atom is -0.406 e. The Morgan fingerprint density at radius 2 is 1.74 bits per heavy atom. The summed E-state index contributed by atoms with van der Waals surface area (Å²) in [6.07, 6.45) is 2.60. The number of carbonyl (C=O) groups is 1. The molecule has 2 nitrogen and oxygen atoms in total. The van der Waals surface area contributed by atoms with E-state index < -0.39 is 8.32 Å². The second kappa shape index (κ2) is 9.05. The molecule has 0 saturated carbocycles. The van der Waals surface area contributed by atoms with Crippen LogP contribution < -0.4 is 0 Å². The first-order chi connectivity index (χ1) is 10.7. The van der Waals surface area contributed by atoms with Gasteiger partial charge in [-0.15, -0.1) is 5.92 Å². The first kappa shape index (κ1) is 19.7. The van der Waals surface area contributed by atoms with E-state index in [1.54, 1.807) is 0 Å². The van der Waals surface area contributed by atoms with Gasteiger partial charge in [-0.05, 0) is 30.1 Å². The highest BCUT2D eigenvalue weighted by Crippen LogP contribution is 2.36. The van der Waals surface area contributed by atoms with Gasteiger partial charge in [0.1, 0.15) is 5.78 Å². The van der Waals surface area contributed by atoms with E-state index in [9.17, 15) is 4.79 Å². The molecule has 0 aliphatic heterocycles. The van der Waals surface area contributed by atoms with E-state index in [1.807, 2.05) is 18.2 Å². The molecule has 1 rings (SSSR count). The minimum atomic E-state index is -1.71. The highest BCUT2D eigenvalue weighted by atomic mass is 28.4. The van der Waals surface area contributed by atoms with Gasteiger partial charge in [-0.2, -0.15) is 0 Å². The summed E-state index contributed by atoms with van der Waals surface area (Å²) < 4.78 is 5.99. The Balaban J connectivity index is 2.21. The summed E-state index contributed by atoms with van der Waals surface area (Å²) in [5.74, 6) is 6.40. The van der Waals surface area contributed by atoms with Crippen molar-refractivity contribution in [3.63, 3.8) is 0 Å². The Kier molecular flexibility index (Phi) is 7.74. The molecule has 0 fully saturated rings. The van der Waals surface area contributed by atoms with Crippen molar-refractivity contribution in [1.29, 1.82) is 0 Å². The highest BCUT2D eigenvalue weighted by Gasteiger charge is 2.36. The fraction of sp³-hybridized carbons (Fsp3) is 0.550. The van der Waals surface area contributed by atoms with Crippen LogP contribution in [0, 0.1) is 11.8 Å². The maximum atomic E-state index is 11.8. The van der Waals surface area contributed by atoms with Crippen LogP contribution in [-0.4, -0.2) is 20.7 Å². The molecule has 0 unspecified atom stereocenters. The minimum absolute atomic E-state index is 0.210. The Morgan fingerprint density at radius 3 is 2.35 bits per heavy atom. The number of hydrogen-bond acceptors (Lipinski definition) is 2. The van der Waals surface area contributed by atoms with E-state index in [-0.39, 0.29) is 10.8 Å². The molecule has 0 heterocycles. The summed E-state index contributed by atoms with van der Waals surface area (Å²) in [5.41, 5.74) is 1.22. The van der Waals surface area contributed by atoms with Crippen LogP contribution in [-0.2, 0) is 15.6 Å². The van der Waals surface area contributed by atoms with Crippen LogP contribution >= 0.6 is 0 Å². The Hall–Kier alpha value is -1.37. The normalized spacial score (nSPS) is 11.7. The molecule has 0 radical (unpaired) electrons. The van der Waals surface area contributed by atoms with Crippen LogP contribution in [0.1, 0.15) is 45.6 Å². The molecule has 0 bridgehead atoms. The number of aryl methyl sites for hydroxylation is 1. The van der Waals surface area contributed by atoms with Crippen molar-refractivity contribution in [2.75, 3.05) is 6.61 Å². The van der Waals surface area contributed by atoms with Gasteiger partial charge in [0.05, 0.1) is 6.61 Å². The van der Waals surface area contributed by atoms with Crippen LogP contribution in [0.15, 0.2) is 30.3 Å². The van der Waals surface area contributed by atoms with Gasteiger partial charge in [-0.1, -0.05) is 57.0 Å². The third kappa shape index (κ3) is 7.63. The third-order valence-electron chi connectivity index (χ3n) is 4.50. The Labute approximate surface area is 142 Å². The van der Waals surface area contributed by atoms with Crippen molar-refractivity contribution < 1.29 is 9.22 Å². The van der Waals surface area contributed by atoms with E-state index in [4.69, 9.17) is 4.43 Å². The maximum absolute atomic E-state index is 11.8. The number of benzene rings is 1. The smallest absolute Gasteiger partial charge is 0.193 e. The zero-order chi connectivity index (χ0) is 17.3. The summed E-state index contributed by atoms with van der Waals surface area (Å²) in [6, 6.07) is 10.1. The van der Waals surface area contributed by atoms with Crippen LogP contribution in [0.4, 0.5) is 0 Å². The molecule has 1 aromatic rings. The molecule has 0 atom stereocenters. The molecular formula is C20H30O2Si. The van der Waals surface area contributed by atoms with Gasteiger partial charge in [0.25, 0.3) is 0 Å². The number of rotatable bonds is 7. The second-order valence-corrected chi connectivity index (χ2v) is 12.2. The molecule has 0 aliphatic carbocycles. The lowest BCUT2D eigenvalue weighted by Gasteiger charge is -2.35. The van der Waals surface area contributed by atoms with Crippen molar-refractivity contribution >= 4 is 14.1 Å².